The molecule has 0 aliphatic heterocycles. The van der Waals surface area contributed by atoms with E-state index in [1.807, 2.05) is 30.3 Å². The summed E-state index contributed by atoms with van der Waals surface area (Å²) in [7, 11) is 0. The normalized spacial score (nSPS) is 15.4. The molecule has 1 aromatic carbocycles. The second-order valence-corrected chi connectivity index (χ2v) is 6.40. The number of guanidine groups is 1. The van der Waals surface area contributed by atoms with Crippen LogP contribution in [0, 0.1) is 0 Å². The Kier molecular flexibility index (Phi) is 3.31. The van der Waals surface area contributed by atoms with Crippen LogP contribution in [0.5, 0.6) is 0 Å². The molecule has 0 bridgehead atoms. The summed E-state index contributed by atoms with van der Waals surface area (Å²) >= 11 is 1.63. The van der Waals surface area contributed by atoms with Gasteiger partial charge in [-0.15, -0.1) is 11.3 Å². The smallest absolute Gasteiger partial charge is 0.189 e. The molecule has 0 unspecified atom stereocenters. The van der Waals surface area contributed by atoms with Crippen LogP contribution < -0.4 is 11.1 Å². The Labute approximate surface area is 131 Å². The summed E-state index contributed by atoms with van der Waals surface area (Å²) in [6.07, 6.45) is 2.36. The fourth-order valence-electron chi connectivity index (χ4n) is 2.20. The number of thiazole rings is 1. The predicted molar refractivity (Wildman–Crippen MR) is 88.8 cm³/mol. The third kappa shape index (κ3) is 2.82. The zero-order valence-electron chi connectivity index (χ0n) is 12.0. The SMILES string of the molecule is NC(=NCc1ccc(-c2nc3ccccc3s2)o1)NC1CC1. The molecule has 0 radical (unpaired) electrons. The standard InChI is InChI=1S/C16H16N4OS/c17-16(19-10-5-6-10)18-9-11-7-8-13(21-11)15-20-12-3-1-2-4-14(12)22-15/h1-4,7-8,10H,5-6,9H2,(H3,17,18,19). The second-order valence-electron chi connectivity index (χ2n) is 5.37. The molecule has 3 N–H and O–H groups in total. The van der Waals surface area contributed by atoms with E-state index in [1.165, 1.54) is 12.8 Å². The Bertz CT molecular complexity index is 798. The van der Waals surface area contributed by atoms with Gasteiger partial charge in [-0.25, -0.2) is 9.98 Å². The van der Waals surface area contributed by atoms with Gasteiger partial charge >= 0.3 is 0 Å². The highest BCUT2D eigenvalue weighted by atomic mass is 32.1. The van der Waals surface area contributed by atoms with Gasteiger partial charge in [-0.1, -0.05) is 12.1 Å². The minimum absolute atomic E-state index is 0.441. The van der Waals surface area contributed by atoms with E-state index in [2.05, 4.69) is 21.4 Å². The van der Waals surface area contributed by atoms with Crippen molar-refractivity contribution in [2.75, 3.05) is 0 Å². The van der Waals surface area contributed by atoms with Crippen LogP contribution in [-0.4, -0.2) is 17.0 Å². The molecular formula is C16H16N4OS. The van der Waals surface area contributed by atoms with Crippen molar-refractivity contribution < 1.29 is 4.42 Å². The van der Waals surface area contributed by atoms with Crippen molar-refractivity contribution >= 4 is 27.5 Å². The van der Waals surface area contributed by atoms with Crippen molar-refractivity contribution in [1.29, 1.82) is 0 Å². The van der Waals surface area contributed by atoms with Gasteiger partial charge in [0, 0.05) is 6.04 Å². The van der Waals surface area contributed by atoms with E-state index in [0.29, 0.717) is 18.5 Å². The highest BCUT2D eigenvalue weighted by Gasteiger charge is 2.21. The maximum Gasteiger partial charge on any atom is 0.189 e. The third-order valence-corrected chi connectivity index (χ3v) is 4.55. The molecule has 0 saturated heterocycles. The van der Waals surface area contributed by atoms with Crippen LogP contribution in [0.3, 0.4) is 0 Å². The number of para-hydroxylation sites is 1. The number of benzene rings is 1. The van der Waals surface area contributed by atoms with Crippen LogP contribution in [0.25, 0.3) is 21.0 Å². The monoisotopic (exact) mass is 312 g/mol. The first-order valence-electron chi connectivity index (χ1n) is 7.29. The Hall–Kier alpha value is -2.34. The van der Waals surface area contributed by atoms with Gasteiger partial charge in [-0.3, -0.25) is 0 Å². The van der Waals surface area contributed by atoms with Crippen LogP contribution in [0.1, 0.15) is 18.6 Å². The highest BCUT2D eigenvalue weighted by Crippen LogP contribution is 2.31. The molecule has 22 heavy (non-hydrogen) atoms. The third-order valence-electron chi connectivity index (χ3n) is 3.50. The van der Waals surface area contributed by atoms with E-state index in [1.54, 1.807) is 11.3 Å². The molecule has 6 heteroatoms. The van der Waals surface area contributed by atoms with Crippen LogP contribution in [0.2, 0.25) is 0 Å². The largest absolute Gasteiger partial charge is 0.457 e. The zero-order chi connectivity index (χ0) is 14.9. The van der Waals surface area contributed by atoms with Crippen LogP contribution in [-0.2, 0) is 6.54 Å². The summed E-state index contributed by atoms with van der Waals surface area (Å²) in [5.74, 6) is 2.05. The van der Waals surface area contributed by atoms with E-state index < -0.39 is 0 Å². The first-order valence-corrected chi connectivity index (χ1v) is 8.11. The fraction of sp³-hybridized carbons (Fsp3) is 0.250. The van der Waals surface area contributed by atoms with Crippen molar-refractivity contribution in [2.24, 2.45) is 10.7 Å². The topological polar surface area (TPSA) is 76.4 Å². The molecule has 1 saturated carbocycles. The van der Waals surface area contributed by atoms with Crippen LogP contribution in [0.15, 0.2) is 45.8 Å². The number of nitrogens with two attached hydrogens (primary N) is 1. The first-order chi connectivity index (χ1) is 10.8. The van der Waals surface area contributed by atoms with E-state index in [9.17, 15) is 0 Å². The number of hydrogen-bond donors (Lipinski definition) is 2. The molecule has 5 nitrogen and oxygen atoms in total. The summed E-state index contributed by atoms with van der Waals surface area (Å²) in [6.45, 7) is 0.441. The van der Waals surface area contributed by atoms with Gasteiger partial charge in [0.2, 0.25) is 0 Å². The fourth-order valence-corrected chi connectivity index (χ4v) is 3.13. The molecule has 2 heterocycles. The summed E-state index contributed by atoms with van der Waals surface area (Å²) < 4.78 is 6.99. The average molecular weight is 312 g/mol. The predicted octanol–water partition coefficient (Wildman–Crippen LogP) is 3.12. The second kappa shape index (κ2) is 5.46. The molecule has 1 fully saturated rings. The van der Waals surface area contributed by atoms with Gasteiger partial charge in [0.15, 0.2) is 16.7 Å². The van der Waals surface area contributed by atoms with Gasteiger partial charge in [-0.2, -0.15) is 0 Å². The Morgan fingerprint density at radius 3 is 3.00 bits per heavy atom. The summed E-state index contributed by atoms with van der Waals surface area (Å²) in [6, 6.07) is 12.5. The summed E-state index contributed by atoms with van der Waals surface area (Å²) in [5.41, 5.74) is 6.81. The minimum Gasteiger partial charge on any atom is -0.457 e. The molecule has 2 aromatic heterocycles. The number of nitrogens with one attached hydrogen (secondary N) is 1. The summed E-state index contributed by atoms with van der Waals surface area (Å²) in [4.78, 5) is 8.89. The van der Waals surface area contributed by atoms with E-state index in [0.717, 1.165) is 26.7 Å². The first kappa shape index (κ1) is 13.3. The maximum atomic E-state index is 5.83. The Balaban J connectivity index is 1.50. The van der Waals surface area contributed by atoms with Gasteiger partial charge in [0.25, 0.3) is 0 Å². The van der Waals surface area contributed by atoms with E-state index >= 15 is 0 Å². The van der Waals surface area contributed by atoms with Crippen molar-refractivity contribution in [3.05, 3.63) is 42.2 Å². The van der Waals surface area contributed by atoms with Crippen molar-refractivity contribution in [3.63, 3.8) is 0 Å². The van der Waals surface area contributed by atoms with Gasteiger partial charge in [0.05, 0.1) is 10.2 Å². The molecule has 3 aromatic rings. The summed E-state index contributed by atoms with van der Waals surface area (Å²) in [5, 5.41) is 4.05. The Morgan fingerprint density at radius 1 is 1.32 bits per heavy atom. The van der Waals surface area contributed by atoms with E-state index in [4.69, 9.17) is 10.2 Å². The molecule has 112 valence electrons. The zero-order valence-corrected chi connectivity index (χ0v) is 12.8. The molecule has 4 rings (SSSR count). The minimum atomic E-state index is 0.441. The molecule has 0 amide bonds. The lowest BCUT2D eigenvalue weighted by Gasteiger charge is -2.01. The number of rotatable bonds is 4. The molecule has 1 aliphatic rings. The number of nitrogens with zero attached hydrogens (tertiary/aromatic N) is 2. The van der Waals surface area contributed by atoms with Gasteiger partial charge in [0.1, 0.15) is 12.3 Å². The highest BCUT2D eigenvalue weighted by molar-refractivity contribution is 7.21. The lowest BCUT2D eigenvalue weighted by Crippen LogP contribution is -2.33. The average Bonchev–Trinajstić information content (AvgIpc) is 3.05. The molecule has 1 aliphatic carbocycles. The molecule has 0 spiro atoms. The number of hydrogen-bond acceptors (Lipinski definition) is 4. The molecular weight excluding hydrogens is 296 g/mol. The Morgan fingerprint density at radius 2 is 2.18 bits per heavy atom. The lowest BCUT2D eigenvalue weighted by molar-refractivity contribution is 0.525. The molecule has 0 atom stereocenters. The van der Waals surface area contributed by atoms with Crippen molar-refractivity contribution in [3.8, 4) is 10.8 Å². The maximum absolute atomic E-state index is 5.83. The van der Waals surface area contributed by atoms with Gasteiger partial charge in [-0.05, 0) is 37.1 Å². The number of fused-ring (bicyclic) bond motifs is 1. The van der Waals surface area contributed by atoms with Crippen molar-refractivity contribution in [2.45, 2.75) is 25.4 Å². The van der Waals surface area contributed by atoms with Crippen molar-refractivity contribution in [1.82, 2.24) is 10.3 Å². The van der Waals surface area contributed by atoms with Crippen LogP contribution >= 0.6 is 11.3 Å². The quantitative estimate of drug-likeness (QED) is 0.573. The van der Waals surface area contributed by atoms with E-state index in [-0.39, 0.29) is 0 Å². The lowest BCUT2D eigenvalue weighted by atomic mass is 10.3. The number of aliphatic imine (C=N–C) groups is 1. The number of aromatic nitrogens is 1. The number of furan rings is 1. The van der Waals surface area contributed by atoms with Crippen LogP contribution in [0.4, 0.5) is 0 Å². The van der Waals surface area contributed by atoms with Gasteiger partial charge < -0.3 is 15.5 Å².